The van der Waals surface area contributed by atoms with Gasteiger partial charge in [-0.05, 0) is 111 Å². The Morgan fingerprint density at radius 1 is 0.933 bits per heavy atom. The maximum atomic E-state index is 14.2. The topological polar surface area (TPSA) is 86.8 Å². The van der Waals surface area contributed by atoms with Crippen LogP contribution in [-0.4, -0.2) is 50.0 Å². The number of amides is 2. The predicted molar refractivity (Wildman–Crippen MR) is 180 cm³/mol. The molecule has 0 aromatic heterocycles. The van der Waals surface area contributed by atoms with Crippen LogP contribution < -0.4 is 9.62 Å². The van der Waals surface area contributed by atoms with E-state index in [-0.39, 0.29) is 23.9 Å². The summed E-state index contributed by atoms with van der Waals surface area (Å²) >= 11 is 13.0. The van der Waals surface area contributed by atoms with Gasteiger partial charge in [0, 0.05) is 28.2 Å². The number of nitrogens with zero attached hydrogens (tertiary/aromatic N) is 2. The second-order valence-corrected chi connectivity index (χ2v) is 16.9. The largest absolute Gasteiger partial charge is 0.352 e. The predicted octanol–water partition coefficient (Wildman–Crippen LogP) is 7.09. The zero-order valence-electron chi connectivity index (χ0n) is 26.3. The standard InChI is InChI=1S/C35H45Cl2N3O4S/c1-3-32(34(42)38-27-7-4-5-8-27)39(21-29-30(36)9-6-10-31(29)37)33(41)22-40(45(2,43)44)28-13-11-26(12-14-28)35-18-23-15-24(19-35)17-25(16-23)20-35/h6,9-14,23-25,27,32H,3-5,7-8,15-22H2,1-2H3,(H,38,42). The molecule has 45 heavy (non-hydrogen) atoms. The highest BCUT2D eigenvalue weighted by Gasteiger charge is 2.51. The number of nitrogens with one attached hydrogen (secondary N) is 1. The minimum Gasteiger partial charge on any atom is -0.352 e. The van der Waals surface area contributed by atoms with Crippen LogP contribution in [0.25, 0.3) is 0 Å². The number of halogens is 2. The van der Waals surface area contributed by atoms with Gasteiger partial charge in [0.05, 0.1) is 11.9 Å². The number of hydrogen-bond donors (Lipinski definition) is 1. The first-order valence-corrected chi connectivity index (χ1v) is 19.2. The van der Waals surface area contributed by atoms with Gasteiger partial charge >= 0.3 is 0 Å². The molecule has 244 valence electrons. The first-order chi connectivity index (χ1) is 21.5. The normalized spacial score (nSPS) is 26.5. The third kappa shape index (κ3) is 6.89. The Morgan fingerprint density at radius 2 is 1.49 bits per heavy atom. The maximum Gasteiger partial charge on any atom is 0.244 e. The summed E-state index contributed by atoms with van der Waals surface area (Å²) in [5.41, 5.74) is 2.44. The first-order valence-electron chi connectivity index (χ1n) is 16.6. The van der Waals surface area contributed by atoms with E-state index >= 15 is 0 Å². The van der Waals surface area contributed by atoms with Crippen LogP contribution in [0.4, 0.5) is 5.69 Å². The molecule has 1 N–H and O–H groups in total. The maximum absolute atomic E-state index is 14.2. The summed E-state index contributed by atoms with van der Waals surface area (Å²) in [5.74, 6) is 1.67. The van der Waals surface area contributed by atoms with Crippen LogP contribution in [-0.2, 0) is 31.6 Å². The van der Waals surface area contributed by atoms with Crippen LogP contribution in [0, 0.1) is 17.8 Å². The van der Waals surface area contributed by atoms with Crippen molar-refractivity contribution < 1.29 is 18.0 Å². The van der Waals surface area contributed by atoms with Crippen molar-refractivity contribution in [1.82, 2.24) is 10.2 Å². The molecule has 4 bridgehead atoms. The molecule has 7 nitrogen and oxygen atoms in total. The molecule has 2 aromatic rings. The van der Waals surface area contributed by atoms with Crippen molar-refractivity contribution in [3.63, 3.8) is 0 Å². The molecule has 1 unspecified atom stereocenters. The zero-order valence-corrected chi connectivity index (χ0v) is 28.6. The van der Waals surface area contributed by atoms with E-state index in [0.29, 0.717) is 27.7 Å². The highest BCUT2D eigenvalue weighted by Crippen LogP contribution is 2.60. The molecule has 10 heteroatoms. The quantitative estimate of drug-likeness (QED) is 0.276. The third-order valence-electron chi connectivity index (χ3n) is 11.0. The molecule has 2 amide bonds. The van der Waals surface area contributed by atoms with Crippen LogP contribution in [0.3, 0.4) is 0 Å². The number of hydrogen-bond acceptors (Lipinski definition) is 4. The van der Waals surface area contributed by atoms with Crippen molar-refractivity contribution in [2.45, 2.75) is 102 Å². The van der Waals surface area contributed by atoms with E-state index in [2.05, 4.69) is 17.4 Å². The molecule has 0 aliphatic heterocycles. The molecule has 2 aromatic carbocycles. The lowest BCUT2D eigenvalue weighted by molar-refractivity contribution is -0.140. The second kappa shape index (κ2) is 13.1. The molecule has 0 spiro atoms. The Bertz CT molecular complexity index is 1470. The van der Waals surface area contributed by atoms with Crippen LogP contribution in [0.5, 0.6) is 0 Å². The second-order valence-electron chi connectivity index (χ2n) is 14.2. The summed E-state index contributed by atoms with van der Waals surface area (Å²) < 4.78 is 27.6. The van der Waals surface area contributed by atoms with Crippen LogP contribution in [0.2, 0.25) is 10.0 Å². The molecule has 1 atom stereocenters. The summed E-state index contributed by atoms with van der Waals surface area (Å²) in [6.45, 7) is 1.40. The van der Waals surface area contributed by atoms with E-state index in [1.807, 2.05) is 19.1 Å². The molecule has 0 saturated heterocycles. The molecular weight excluding hydrogens is 629 g/mol. The van der Waals surface area contributed by atoms with Crippen LogP contribution in [0.15, 0.2) is 42.5 Å². The Hall–Kier alpha value is -2.29. The molecule has 5 aliphatic carbocycles. The summed E-state index contributed by atoms with van der Waals surface area (Å²) in [7, 11) is -3.83. The van der Waals surface area contributed by atoms with Gasteiger partial charge in [-0.2, -0.15) is 0 Å². The average Bonchev–Trinajstić information content (AvgIpc) is 3.49. The van der Waals surface area contributed by atoms with E-state index in [1.165, 1.54) is 49.0 Å². The first kappa shape index (κ1) is 32.6. The number of sulfonamides is 1. The molecule has 5 aliphatic rings. The van der Waals surface area contributed by atoms with E-state index < -0.39 is 28.5 Å². The number of benzene rings is 2. The minimum atomic E-state index is -3.83. The SMILES string of the molecule is CCC(C(=O)NC1CCCC1)N(Cc1c(Cl)cccc1Cl)C(=O)CN(c1ccc(C23CC4CC(CC(C4)C2)C3)cc1)S(C)(=O)=O. The zero-order chi connectivity index (χ0) is 31.9. The lowest BCUT2D eigenvalue weighted by Gasteiger charge is -2.57. The lowest BCUT2D eigenvalue weighted by Crippen LogP contribution is -2.53. The van der Waals surface area contributed by atoms with Gasteiger partial charge in [-0.1, -0.05) is 61.2 Å². The van der Waals surface area contributed by atoms with Gasteiger partial charge in [-0.3, -0.25) is 13.9 Å². The number of anilines is 1. The van der Waals surface area contributed by atoms with Crippen molar-refractivity contribution in [2.75, 3.05) is 17.1 Å². The lowest BCUT2D eigenvalue weighted by atomic mass is 9.48. The Kier molecular flexibility index (Phi) is 9.48. The van der Waals surface area contributed by atoms with Crippen molar-refractivity contribution in [3.05, 3.63) is 63.6 Å². The van der Waals surface area contributed by atoms with Gasteiger partial charge < -0.3 is 10.2 Å². The van der Waals surface area contributed by atoms with Gasteiger partial charge in [-0.25, -0.2) is 8.42 Å². The van der Waals surface area contributed by atoms with E-state index in [1.54, 1.807) is 18.2 Å². The van der Waals surface area contributed by atoms with Crippen LogP contribution in [0.1, 0.15) is 88.7 Å². The molecule has 0 radical (unpaired) electrons. The molecule has 0 heterocycles. The highest BCUT2D eigenvalue weighted by molar-refractivity contribution is 7.92. The Balaban J connectivity index is 1.27. The number of carbonyl (C=O) groups excluding carboxylic acids is 2. The van der Waals surface area contributed by atoms with E-state index in [4.69, 9.17) is 23.2 Å². The van der Waals surface area contributed by atoms with Gasteiger partial charge in [0.15, 0.2) is 0 Å². The van der Waals surface area contributed by atoms with E-state index in [9.17, 15) is 18.0 Å². The summed E-state index contributed by atoms with van der Waals surface area (Å²) in [6, 6.07) is 12.2. The van der Waals surface area contributed by atoms with Crippen molar-refractivity contribution >= 4 is 50.7 Å². The molecule has 5 saturated carbocycles. The summed E-state index contributed by atoms with van der Waals surface area (Å²) in [5, 5.41) is 3.89. The molecule has 5 fully saturated rings. The molecular formula is C35H45Cl2N3O4S. The fraction of sp³-hybridized carbons (Fsp3) is 0.600. The van der Waals surface area contributed by atoms with Crippen molar-refractivity contribution in [3.8, 4) is 0 Å². The monoisotopic (exact) mass is 673 g/mol. The van der Waals surface area contributed by atoms with Crippen molar-refractivity contribution in [2.24, 2.45) is 17.8 Å². The summed E-state index contributed by atoms with van der Waals surface area (Å²) in [6.07, 6.45) is 13.1. The number of carbonyl (C=O) groups is 2. The smallest absolute Gasteiger partial charge is 0.244 e. The van der Waals surface area contributed by atoms with Crippen LogP contribution >= 0.6 is 23.2 Å². The number of rotatable bonds is 11. The van der Waals surface area contributed by atoms with Gasteiger partial charge in [0.1, 0.15) is 12.6 Å². The Labute approximate surface area is 278 Å². The Morgan fingerprint density at radius 3 is 2.00 bits per heavy atom. The van der Waals surface area contributed by atoms with Crippen molar-refractivity contribution in [1.29, 1.82) is 0 Å². The molecule has 7 rings (SSSR count). The fourth-order valence-electron chi connectivity index (χ4n) is 9.20. The minimum absolute atomic E-state index is 0.0174. The van der Waals surface area contributed by atoms with E-state index in [0.717, 1.165) is 54.0 Å². The fourth-order valence-corrected chi connectivity index (χ4v) is 10.6. The average molecular weight is 675 g/mol. The van der Waals surface area contributed by atoms with Gasteiger partial charge in [0.2, 0.25) is 21.8 Å². The third-order valence-corrected chi connectivity index (χ3v) is 12.8. The van der Waals surface area contributed by atoms with Gasteiger partial charge in [0.25, 0.3) is 0 Å². The highest BCUT2D eigenvalue weighted by atomic mass is 35.5. The van der Waals surface area contributed by atoms with Gasteiger partial charge in [-0.15, -0.1) is 0 Å². The summed E-state index contributed by atoms with van der Waals surface area (Å²) in [4.78, 5) is 29.2.